The van der Waals surface area contributed by atoms with Gasteiger partial charge >= 0.3 is 5.97 Å². The molecule has 0 bridgehead atoms. The number of carboxylic acid groups (broad SMARTS) is 1. The highest BCUT2D eigenvalue weighted by molar-refractivity contribution is 7.15. The van der Waals surface area contributed by atoms with Crippen molar-refractivity contribution in [2.45, 2.75) is 13.3 Å². The molecular weight excluding hydrogens is 396 g/mol. The van der Waals surface area contributed by atoms with Crippen LogP contribution in [0.15, 0.2) is 12.3 Å². The van der Waals surface area contributed by atoms with Crippen molar-refractivity contribution >= 4 is 34.1 Å². The summed E-state index contributed by atoms with van der Waals surface area (Å²) in [7, 11) is 1.62. The lowest BCUT2D eigenvalue weighted by atomic mass is 10.3. The fourth-order valence-electron chi connectivity index (χ4n) is 3.02. The molecule has 1 aliphatic heterocycles. The van der Waals surface area contributed by atoms with Crippen LogP contribution in [0, 0.1) is 6.92 Å². The quantitative estimate of drug-likeness (QED) is 0.430. The number of piperazine rings is 1. The lowest BCUT2D eigenvalue weighted by molar-refractivity contribution is -0.136. The molecular formula is C18H26N6O4S. The summed E-state index contributed by atoms with van der Waals surface area (Å²) in [5.74, 6) is 1.32. The monoisotopic (exact) mass is 422 g/mol. The Labute approximate surface area is 173 Å². The van der Waals surface area contributed by atoms with E-state index >= 15 is 0 Å². The number of aryl methyl sites for hydroxylation is 1. The zero-order valence-electron chi connectivity index (χ0n) is 16.6. The fourth-order valence-corrected chi connectivity index (χ4v) is 3.83. The zero-order chi connectivity index (χ0) is 20.6. The molecule has 0 unspecified atom stereocenters. The van der Waals surface area contributed by atoms with Crippen molar-refractivity contribution in [1.29, 1.82) is 0 Å². The molecule has 2 aromatic heterocycles. The number of anilines is 3. The molecule has 2 N–H and O–H groups in total. The Kier molecular flexibility index (Phi) is 7.69. The molecule has 0 saturated carbocycles. The van der Waals surface area contributed by atoms with Crippen molar-refractivity contribution in [2.75, 3.05) is 63.5 Å². The summed E-state index contributed by atoms with van der Waals surface area (Å²) in [4.78, 5) is 29.4. The SMILES string of the molecule is COCOCCN1CCN(c2cc(Nc3ncc(CC(=O)O)s3)nc(C)n2)CC1. The summed E-state index contributed by atoms with van der Waals surface area (Å²) in [6.07, 6.45) is 1.54. The number of hydrogen-bond donors (Lipinski definition) is 2. The van der Waals surface area contributed by atoms with Crippen LogP contribution in [0.3, 0.4) is 0 Å². The van der Waals surface area contributed by atoms with Crippen LogP contribution in [0.2, 0.25) is 0 Å². The van der Waals surface area contributed by atoms with Gasteiger partial charge in [-0.15, -0.1) is 11.3 Å². The van der Waals surface area contributed by atoms with Gasteiger partial charge < -0.3 is 24.8 Å². The van der Waals surface area contributed by atoms with Crippen LogP contribution in [-0.4, -0.2) is 84.2 Å². The summed E-state index contributed by atoms with van der Waals surface area (Å²) in [6.45, 7) is 7.35. The number of carbonyl (C=O) groups is 1. The van der Waals surface area contributed by atoms with Gasteiger partial charge in [0.2, 0.25) is 0 Å². The second-order valence-corrected chi connectivity index (χ2v) is 7.74. The fraction of sp³-hybridized carbons (Fsp3) is 0.556. The van der Waals surface area contributed by atoms with E-state index in [0.717, 1.165) is 38.5 Å². The number of hydrogen-bond acceptors (Lipinski definition) is 10. The minimum absolute atomic E-state index is 0.0335. The van der Waals surface area contributed by atoms with E-state index in [1.807, 2.05) is 13.0 Å². The first-order chi connectivity index (χ1) is 14.0. The Morgan fingerprint density at radius 3 is 2.83 bits per heavy atom. The lowest BCUT2D eigenvalue weighted by Crippen LogP contribution is -2.47. The van der Waals surface area contributed by atoms with Crippen molar-refractivity contribution in [3.05, 3.63) is 23.0 Å². The smallest absolute Gasteiger partial charge is 0.308 e. The van der Waals surface area contributed by atoms with Gasteiger partial charge in [-0.2, -0.15) is 0 Å². The molecule has 0 amide bonds. The van der Waals surface area contributed by atoms with Gasteiger partial charge in [0.1, 0.15) is 24.3 Å². The van der Waals surface area contributed by atoms with E-state index in [1.165, 1.54) is 11.3 Å². The maximum atomic E-state index is 10.8. The molecule has 1 saturated heterocycles. The number of aromatic nitrogens is 3. The molecule has 0 radical (unpaired) electrons. The largest absolute Gasteiger partial charge is 0.481 e. The predicted octanol–water partition coefficient (Wildman–Crippen LogP) is 1.35. The van der Waals surface area contributed by atoms with Crippen LogP contribution < -0.4 is 10.2 Å². The first-order valence-corrected chi connectivity index (χ1v) is 10.2. The van der Waals surface area contributed by atoms with Crippen LogP contribution in [0.4, 0.5) is 16.8 Å². The third-order valence-corrected chi connectivity index (χ3v) is 5.30. The van der Waals surface area contributed by atoms with Gasteiger partial charge in [0.05, 0.1) is 13.0 Å². The Bertz CT molecular complexity index is 809. The van der Waals surface area contributed by atoms with E-state index < -0.39 is 5.97 Å². The Hall–Kier alpha value is -2.34. The minimum atomic E-state index is -0.871. The maximum absolute atomic E-state index is 10.8. The van der Waals surface area contributed by atoms with Gasteiger partial charge in [0.25, 0.3) is 0 Å². The van der Waals surface area contributed by atoms with E-state index in [1.54, 1.807) is 13.3 Å². The topological polar surface area (TPSA) is 113 Å². The van der Waals surface area contributed by atoms with Gasteiger partial charge in [0, 0.05) is 57.0 Å². The number of methoxy groups -OCH3 is 1. The highest BCUT2D eigenvalue weighted by Crippen LogP contribution is 2.24. The normalized spacial score (nSPS) is 14.9. The van der Waals surface area contributed by atoms with Gasteiger partial charge in [-0.05, 0) is 6.92 Å². The minimum Gasteiger partial charge on any atom is -0.481 e. The predicted molar refractivity (Wildman–Crippen MR) is 110 cm³/mol. The maximum Gasteiger partial charge on any atom is 0.308 e. The number of nitrogens with zero attached hydrogens (tertiary/aromatic N) is 5. The van der Waals surface area contributed by atoms with Crippen molar-refractivity contribution in [3.63, 3.8) is 0 Å². The number of aliphatic carboxylic acids is 1. The van der Waals surface area contributed by atoms with E-state index in [2.05, 4.69) is 30.1 Å². The third kappa shape index (κ3) is 6.60. The van der Waals surface area contributed by atoms with E-state index in [9.17, 15) is 4.79 Å². The molecule has 29 heavy (non-hydrogen) atoms. The summed E-state index contributed by atoms with van der Waals surface area (Å²) in [5.41, 5.74) is 0. The van der Waals surface area contributed by atoms with Gasteiger partial charge in [-0.1, -0.05) is 0 Å². The average Bonchev–Trinajstić information content (AvgIpc) is 3.11. The van der Waals surface area contributed by atoms with Crippen LogP contribution in [0.1, 0.15) is 10.7 Å². The zero-order valence-corrected chi connectivity index (χ0v) is 17.4. The molecule has 3 rings (SSSR count). The average molecular weight is 423 g/mol. The van der Waals surface area contributed by atoms with E-state index in [4.69, 9.17) is 14.6 Å². The van der Waals surface area contributed by atoms with Gasteiger partial charge in [-0.25, -0.2) is 15.0 Å². The Morgan fingerprint density at radius 2 is 2.10 bits per heavy atom. The summed E-state index contributed by atoms with van der Waals surface area (Å²) >= 11 is 1.31. The molecule has 158 valence electrons. The second-order valence-electron chi connectivity index (χ2n) is 6.63. The molecule has 3 heterocycles. The summed E-state index contributed by atoms with van der Waals surface area (Å²) < 4.78 is 10.3. The Morgan fingerprint density at radius 1 is 1.31 bits per heavy atom. The number of nitrogens with one attached hydrogen (secondary N) is 1. The first-order valence-electron chi connectivity index (χ1n) is 9.36. The number of carboxylic acids is 1. The van der Waals surface area contributed by atoms with E-state index in [-0.39, 0.29) is 6.42 Å². The van der Waals surface area contributed by atoms with Crippen molar-refractivity contribution in [1.82, 2.24) is 19.9 Å². The van der Waals surface area contributed by atoms with Gasteiger partial charge in [0.15, 0.2) is 5.13 Å². The molecule has 1 fully saturated rings. The summed E-state index contributed by atoms with van der Waals surface area (Å²) in [6, 6.07) is 1.91. The molecule has 0 atom stereocenters. The number of thiazole rings is 1. The molecule has 11 heteroatoms. The van der Waals surface area contributed by atoms with Crippen LogP contribution >= 0.6 is 11.3 Å². The second kappa shape index (κ2) is 10.4. The third-order valence-electron chi connectivity index (χ3n) is 4.39. The van der Waals surface area contributed by atoms with E-state index in [0.29, 0.717) is 35.1 Å². The standard InChI is InChI=1S/C18H26N6O4S/c1-13-20-15(22-18-19-11-14(29-18)9-17(25)26)10-16(21-13)24-5-3-23(4-6-24)7-8-28-12-27-2/h10-11H,3-9,12H2,1-2H3,(H,25,26)(H,19,20,21,22). The van der Waals surface area contributed by atoms with Gasteiger partial charge in [-0.3, -0.25) is 9.69 Å². The highest BCUT2D eigenvalue weighted by Gasteiger charge is 2.19. The molecule has 2 aromatic rings. The molecule has 1 aliphatic rings. The number of ether oxygens (including phenoxy) is 2. The highest BCUT2D eigenvalue weighted by atomic mass is 32.1. The van der Waals surface area contributed by atoms with Crippen LogP contribution in [-0.2, 0) is 20.7 Å². The number of rotatable bonds is 10. The van der Waals surface area contributed by atoms with Crippen molar-refractivity contribution in [3.8, 4) is 0 Å². The van der Waals surface area contributed by atoms with Crippen LogP contribution in [0.5, 0.6) is 0 Å². The Balaban J connectivity index is 1.57. The lowest BCUT2D eigenvalue weighted by Gasteiger charge is -2.35. The molecule has 0 aliphatic carbocycles. The molecule has 0 spiro atoms. The van der Waals surface area contributed by atoms with Crippen molar-refractivity contribution in [2.24, 2.45) is 0 Å². The first kappa shape index (κ1) is 21.4. The van der Waals surface area contributed by atoms with Crippen molar-refractivity contribution < 1.29 is 19.4 Å². The molecule has 0 aromatic carbocycles. The summed E-state index contributed by atoms with van der Waals surface area (Å²) in [5, 5.41) is 12.7. The van der Waals surface area contributed by atoms with Crippen LogP contribution in [0.25, 0.3) is 0 Å². The molecule has 10 nitrogen and oxygen atoms in total.